The molecule has 0 unspecified atom stereocenters. The molecule has 0 saturated carbocycles. The Morgan fingerprint density at radius 3 is 2.12 bits per heavy atom. The third-order valence-electron chi connectivity index (χ3n) is 7.40. The zero-order valence-electron chi connectivity index (χ0n) is 20.8. The number of carbonyl (C=O) groups excluding carboxylic acids is 1. The summed E-state index contributed by atoms with van der Waals surface area (Å²) in [7, 11) is 0. The highest BCUT2D eigenvalue weighted by molar-refractivity contribution is 5.91. The molecule has 1 fully saturated rings. The zero-order chi connectivity index (χ0) is 24.2. The smallest absolute Gasteiger partial charge is 0.232 e. The molecule has 1 aliphatic heterocycles. The summed E-state index contributed by atoms with van der Waals surface area (Å²) < 4.78 is 0. The molecule has 1 heterocycles. The van der Waals surface area contributed by atoms with Crippen LogP contribution in [0, 0.1) is 5.92 Å². The van der Waals surface area contributed by atoms with Gasteiger partial charge < -0.3 is 21.1 Å². The number of likely N-dealkylation sites (tertiary alicyclic amines) is 1. The molecule has 0 bridgehead atoms. The summed E-state index contributed by atoms with van der Waals surface area (Å²) in [4.78, 5) is 15.7. The molecule has 0 aromatic heterocycles. The second-order valence-electron chi connectivity index (χ2n) is 9.85. The zero-order valence-corrected chi connectivity index (χ0v) is 20.8. The molecule has 5 heteroatoms. The molecule has 3 rings (SSSR count). The lowest BCUT2D eigenvalue weighted by Gasteiger charge is -2.37. The second kappa shape index (κ2) is 13.6. The molecule has 0 spiro atoms. The number of nitrogens with two attached hydrogens (primary N) is 1. The average Bonchev–Trinajstić information content (AvgIpc) is 3.33. The van der Waals surface area contributed by atoms with Crippen molar-refractivity contribution in [1.29, 1.82) is 0 Å². The maximum absolute atomic E-state index is 13.2. The Labute approximate surface area is 205 Å². The van der Waals surface area contributed by atoms with Crippen molar-refractivity contribution in [2.24, 2.45) is 11.7 Å². The predicted octanol–water partition coefficient (Wildman–Crippen LogP) is 4.09. The number of aliphatic hydroxyl groups is 1. The summed E-state index contributed by atoms with van der Waals surface area (Å²) in [5, 5.41) is 12.4. The minimum absolute atomic E-state index is 0.170. The van der Waals surface area contributed by atoms with Crippen LogP contribution in [-0.4, -0.2) is 54.7 Å². The Balaban J connectivity index is 1.51. The average molecular weight is 466 g/mol. The quantitative estimate of drug-likeness (QED) is 0.346. The molecule has 1 saturated heterocycles. The number of primary amides is 1. The normalized spacial score (nSPS) is 17.6. The number of aliphatic hydroxyl groups excluding tert-OH is 1. The van der Waals surface area contributed by atoms with E-state index in [2.05, 4.69) is 34.5 Å². The molecular weight excluding hydrogens is 422 g/mol. The first-order valence-corrected chi connectivity index (χ1v) is 13.1. The van der Waals surface area contributed by atoms with Gasteiger partial charge in [-0.3, -0.25) is 4.79 Å². The van der Waals surface area contributed by atoms with E-state index in [-0.39, 0.29) is 24.5 Å². The van der Waals surface area contributed by atoms with Gasteiger partial charge in [-0.15, -0.1) is 0 Å². The van der Waals surface area contributed by atoms with Crippen LogP contribution in [0.25, 0.3) is 0 Å². The topological polar surface area (TPSA) is 78.6 Å². The highest BCUT2D eigenvalue weighted by atomic mass is 16.3. The van der Waals surface area contributed by atoms with E-state index in [0.717, 1.165) is 43.7 Å². The number of amides is 1. The molecule has 2 aromatic rings. The van der Waals surface area contributed by atoms with Crippen molar-refractivity contribution in [3.05, 3.63) is 71.8 Å². The fraction of sp³-hybridized carbons (Fsp3) is 0.552. The van der Waals surface area contributed by atoms with Crippen LogP contribution in [0.1, 0.15) is 63.0 Å². The number of unbranched alkanes of at least 4 members (excludes halogenated alkanes) is 5. The Bertz CT molecular complexity index is 803. The van der Waals surface area contributed by atoms with E-state index >= 15 is 0 Å². The third-order valence-corrected chi connectivity index (χ3v) is 7.40. The lowest BCUT2D eigenvalue weighted by molar-refractivity contribution is -0.123. The van der Waals surface area contributed by atoms with Crippen LogP contribution >= 0.6 is 0 Å². The van der Waals surface area contributed by atoms with Gasteiger partial charge in [0.25, 0.3) is 0 Å². The minimum atomic E-state index is -0.793. The standard InChI is InChI=1S/C29H43N3O2/c1-24(23-33)31-19-12-4-2-3-5-13-20-32-21-18-27(22-32)29(28(30)34,25-14-8-6-9-15-25)26-16-10-7-11-17-26/h6-11,14-17,24,27,31,33H,2-5,12-13,18-23H2,1H3,(H2,30,34)/t24-,27-/m1/s1. The Morgan fingerprint density at radius 2 is 1.56 bits per heavy atom. The summed E-state index contributed by atoms with van der Waals surface area (Å²) in [6, 6.07) is 20.4. The number of nitrogens with one attached hydrogen (secondary N) is 1. The van der Waals surface area contributed by atoms with Gasteiger partial charge in [-0.2, -0.15) is 0 Å². The third kappa shape index (κ3) is 6.68. The van der Waals surface area contributed by atoms with Gasteiger partial charge in [0.05, 0.1) is 6.61 Å². The van der Waals surface area contributed by atoms with E-state index in [1.54, 1.807) is 0 Å². The van der Waals surface area contributed by atoms with Gasteiger partial charge in [0.15, 0.2) is 0 Å². The first kappa shape index (κ1) is 26.4. The number of hydrogen-bond donors (Lipinski definition) is 3. The number of rotatable bonds is 15. The maximum atomic E-state index is 13.2. The molecule has 34 heavy (non-hydrogen) atoms. The molecule has 0 radical (unpaired) electrons. The van der Waals surface area contributed by atoms with Crippen molar-refractivity contribution in [3.8, 4) is 0 Å². The Hall–Kier alpha value is -2.21. The van der Waals surface area contributed by atoms with Gasteiger partial charge in [0, 0.05) is 12.6 Å². The molecule has 2 aromatic carbocycles. The van der Waals surface area contributed by atoms with Crippen molar-refractivity contribution in [3.63, 3.8) is 0 Å². The van der Waals surface area contributed by atoms with Crippen molar-refractivity contribution in [2.75, 3.05) is 32.8 Å². The van der Waals surface area contributed by atoms with Crippen molar-refractivity contribution >= 4 is 5.91 Å². The van der Waals surface area contributed by atoms with E-state index in [1.165, 1.54) is 38.5 Å². The minimum Gasteiger partial charge on any atom is -0.395 e. The van der Waals surface area contributed by atoms with Crippen LogP contribution in [-0.2, 0) is 10.2 Å². The summed E-state index contributed by atoms with van der Waals surface area (Å²) in [5.41, 5.74) is 7.41. The van der Waals surface area contributed by atoms with Gasteiger partial charge in [-0.25, -0.2) is 0 Å². The SMILES string of the molecule is C[C@H](CO)NCCCCCCCCN1CC[C@@H](C(C(N)=O)(c2ccccc2)c2ccccc2)C1. The van der Waals surface area contributed by atoms with Crippen molar-refractivity contribution in [2.45, 2.75) is 63.3 Å². The number of benzene rings is 2. The molecule has 5 nitrogen and oxygen atoms in total. The van der Waals surface area contributed by atoms with Crippen LogP contribution in [0.4, 0.5) is 0 Å². The second-order valence-corrected chi connectivity index (χ2v) is 9.85. The summed E-state index contributed by atoms with van der Waals surface area (Å²) in [6.07, 6.45) is 8.38. The number of hydrogen-bond acceptors (Lipinski definition) is 4. The van der Waals surface area contributed by atoms with E-state index < -0.39 is 5.41 Å². The van der Waals surface area contributed by atoms with E-state index in [0.29, 0.717) is 0 Å². The van der Waals surface area contributed by atoms with Crippen molar-refractivity contribution < 1.29 is 9.90 Å². The summed E-state index contributed by atoms with van der Waals surface area (Å²) in [6.45, 7) is 6.21. The molecule has 4 N–H and O–H groups in total. The largest absolute Gasteiger partial charge is 0.395 e. The van der Waals surface area contributed by atoms with Gasteiger partial charge in [-0.1, -0.05) is 86.3 Å². The Morgan fingerprint density at radius 1 is 1.00 bits per heavy atom. The van der Waals surface area contributed by atoms with Crippen LogP contribution in [0.2, 0.25) is 0 Å². The van der Waals surface area contributed by atoms with Gasteiger partial charge in [0.2, 0.25) is 5.91 Å². The van der Waals surface area contributed by atoms with Crippen molar-refractivity contribution in [1.82, 2.24) is 10.2 Å². The monoisotopic (exact) mass is 465 g/mol. The highest BCUT2D eigenvalue weighted by Gasteiger charge is 2.49. The van der Waals surface area contributed by atoms with Crippen LogP contribution < -0.4 is 11.1 Å². The molecule has 1 amide bonds. The van der Waals surface area contributed by atoms with E-state index in [9.17, 15) is 4.79 Å². The molecule has 2 atom stereocenters. The summed E-state index contributed by atoms with van der Waals surface area (Å²) in [5.74, 6) is -0.0803. The highest BCUT2D eigenvalue weighted by Crippen LogP contribution is 2.43. The lowest BCUT2D eigenvalue weighted by Crippen LogP contribution is -2.49. The first-order chi connectivity index (χ1) is 16.6. The Kier molecular flexibility index (Phi) is 10.6. The molecular formula is C29H43N3O2. The first-order valence-electron chi connectivity index (χ1n) is 13.1. The van der Waals surface area contributed by atoms with Crippen LogP contribution in [0.5, 0.6) is 0 Å². The summed E-state index contributed by atoms with van der Waals surface area (Å²) >= 11 is 0. The van der Waals surface area contributed by atoms with Gasteiger partial charge >= 0.3 is 0 Å². The van der Waals surface area contributed by atoms with E-state index in [4.69, 9.17) is 10.8 Å². The lowest BCUT2D eigenvalue weighted by atomic mass is 9.64. The fourth-order valence-corrected chi connectivity index (χ4v) is 5.50. The van der Waals surface area contributed by atoms with Crippen LogP contribution in [0.15, 0.2) is 60.7 Å². The number of carbonyl (C=O) groups is 1. The van der Waals surface area contributed by atoms with E-state index in [1.807, 2.05) is 43.3 Å². The number of nitrogens with zero attached hydrogens (tertiary/aromatic N) is 1. The van der Waals surface area contributed by atoms with Gasteiger partial charge in [0.1, 0.15) is 5.41 Å². The van der Waals surface area contributed by atoms with Crippen LogP contribution in [0.3, 0.4) is 0 Å². The molecule has 0 aliphatic carbocycles. The molecule has 1 aliphatic rings. The predicted molar refractivity (Wildman–Crippen MR) is 140 cm³/mol. The fourth-order valence-electron chi connectivity index (χ4n) is 5.50. The maximum Gasteiger partial charge on any atom is 0.232 e. The molecule has 186 valence electrons. The van der Waals surface area contributed by atoms with Gasteiger partial charge in [-0.05, 0) is 62.9 Å².